The van der Waals surface area contributed by atoms with Crippen LogP contribution in [0.5, 0.6) is 0 Å². The molecule has 3 N–H and O–H groups in total. The largest absolute Gasteiger partial charge is 0.398 e. The van der Waals surface area contributed by atoms with Crippen molar-refractivity contribution >= 4 is 11.6 Å². The molecule has 2 rings (SSSR count). The predicted octanol–water partition coefficient (Wildman–Crippen LogP) is 3.26. The van der Waals surface area contributed by atoms with Gasteiger partial charge in [-0.05, 0) is 43.9 Å². The summed E-state index contributed by atoms with van der Waals surface area (Å²) in [6.07, 6.45) is -3.61. The maximum absolute atomic E-state index is 12.9. The molecular formula is C14H16F4N2O. The second kappa shape index (κ2) is 5.91. The van der Waals surface area contributed by atoms with Crippen molar-refractivity contribution < 1.29 is 22.4 Å². The Morgan fingerprint density at radius 1 is 1.19 bits per heavy atom. The highest BCUT2D eigenvalue weighted by molar-refractivity contribution is 5.99. The zero-order valence-corrected chi connectivity index (χ0v) is 11.2. The fourth-order valence-electron chi connectivity index (χ4n) is 2.57. The smallest absolute Gasteiger partial charge is 0.391 e. The Labute approximate surface area is 119 Å². The van der Waals surface area contributed by atoms with Crippen LogP contribution in [-0.2, 0) is 0 Å². The van der Waals surface area contributed by atoms with Gasteiger partial charge in [-0.3, -0.25) is 4.79 Å². The van der Waals surface area contributed by atoms with E-state index in [1.54, 1.807) is 0 Å². The van der Waals surface area contributed by atoms with Gasteiger partial charge < -0.3 is 11.1 Å². The first-order valence-corrected chi connectivity index (χ1v) is 6.70. The molecule has 1 aliphatic carbocycles. The first kappa shape index (κ1) is 15.6. The lowest BCUT2D eigenvalue weighted by atomic mass is 9.85. The molecule has 0 aliphatic heterocycles. The molecule has 0 heterocycles. The molecule has 0 atom stereocenters. The van der Waals surface area contributed by atoms with E-state index >= 15 is 0 Å². The highest BCUT2D eigenvalue weighted by Crippen LogP contribution is 2.37. The number of rotatable bonds is 2. The van der Waals surface area contributed by atoms with E-state index in [4.69, 9.17) is 5.73 Å². The number of hydrogen-bond donors (Lipinski definition) is 2. The number of nitrogen functional groups attached to an aromatic ring is 1. The van der Waals surface area contributed by atoms with Crippen LogP contribution in [-0.4, -0.2) is 18.1 Å². The Morgan fingerprint density at radius 2 is 1.81 bits per heavy atom. The van der Waals surface area contributed by atoms with E-state index in [9.17, 15) is 22.4 Å². The Bertz CT molecular complexity index is 522. The van der Waals surface area contributed by atoms with E-state index in [-0.39, 0.29) is 43.0 Å². The summed E-state index contributed by atoms with van der Waals surface area (Å²) in [4.78, 5) is 12.0. The molecule has 21 heavy (non-hydrogen) atoms. The molecule has 1 aromatic rings. The van der Waals surface area contributed by atoms with Gasteiger partial charge in [0.05, 0.1) is 11.5 Å². The topological polar surface area (TPSA) is 55.1 Å². The summed E-state index contributed by atoms with van der Waals surface area (Å²) < 4.78 is 50.5. The summed E-state index contributed by atoms with van der Waals surface area (Å²) in [7, 11) is 0. The van der Waals surface area contributed by atoms with Crippen molar-refractivity contribution in [1.82, 2.24) is 5.32 Å². The van der Waals surface area contributed by atoms with Gasteiger partial charge >= 0.3 is 6.18 Å². The monoisotopic (exact) mass is 304 g/mol. The van der Waals surface area contributed by atoms with Crippen LogP contribution in [0.4, 0.5) is 23.2 Å². The number of nitrogens with two attached hydrogens (primary N) is 1. The van der Waals surface area contributed by atoms with E-state index in [0.29, 0.717) is 0 Å². The third kappa shape index (κ3) is 3.86. The second-order valence-corrected chi connectivity index (χ2v) is 5.30. The van der Waals surface area contributed by atoms with Gasteiger partial charge in [-0.1, -0.05) is 0 Å². The van der Waals surface area contributed by atoms with Gasteiger partial charge in [0, 0.05) is 11.7 Å². The van der Waals surface area contributed by atoms with Crippen LogP contribution in [0.2, 0.25) is 0 Å². The molecule has 0 bridgehead atoms. The molecule has 1 saturated carbocycles. The predicted molar refractivity (Wildman–Crippen MR) is 70.1 cm³/mol. The Hall–Kier alpha value is -1.79. The van der Waals surface area contributed by atoms with Crippen molar-refractivity contribution in [2.24, 2.45) is 5.92 Å². The summed E-state index contributed by atoms with van der Waals surface area (Å²) in [5, 5.41) is 2.66. The van der Waals surface area contributed by atoms with Crippen LogP contribution >= 0.6 is 0 Å². The number of hydrogen-bond acceptors (Lipinski definition) is 2. The first-order valence-electron chi connectivity index (χ1n) is 6.70. The molecule has 0 radical (unpaired) electrons. The first-order chi connectivity index (χ1) is 9.77. The zero-order valence-electron chi connectivity index (χ0n) is 11.2. The average molecular weight is 304 g/mol. The van der Waals surface area contributed by atoms with Crippen molar-refractivity contribution in [3.63, 3.8) is 0 Å². The fourth-order valence-corrected chi connectivity index (χ4v) is 2.57. The standard InChI is InChI=1S/C14H16F4N2O/c15-9-3-6-11(12(19)7-9)13(21)20-10-4-1-8(2-5-10)14(16,17)18/h3,6-8,10H,1-2,4-5,19H2,(H,20,21). The molecular weight excluding hydrogens is 288 g/mol. The molecule has 1 aliphatic rings. The van der Waals surface area contributed by atoms with E-state index in [1.807, 2.05) is 0 Å². The van der Waals surface area contributed by atoms with Crippen LogP contribution in [0, 0.1) is 11.7 Å². The minimum absolute atomic E-state index is 0.00729. The van der Waals surface area contributed by atoms with E-state index in [2.05, 4.69) is 5.32 Å². The lowest BCUT2D eigenvalue weighted by Crippen LogP contribution is -2.40. The maximum Gasteiger partial charge on any atom is 0.391 e. The van der Waals surface area contributed by atoms with Crippen molar-refractivity contribution in [2.45, 2.75) is 37.9 Å². The average Bonchev–Trinajstić information content (AvgIpc) is 2.38. The van der Waals surface area contributed by atoms with Crippen molar-refractivity contribution in [3.8, 4) is 0 Å². The van der Waals surface area contributed by atoms with Gasteiger partial charge in [0.25, 0.3) is 5.91 Å². The fraction of sp³-hybridized carbons (Fsp3) is 0.500. The van der Waals surface area contributed by atoms with Crippen LogP contribution < -0.4 is 11.1 Å². The van der Waals surface area contributed by atoms with Gasteiger partial charge in [0.15, 0.2) is 0 Å². The van der Waals surface area contributed by atoms with Crippen LogP contribution in [0.15, 0.2) is 18.2 Å². The van der Waals surface area contributed by atoms with Gasteiger partial charge in [-0.2, -0.15) is 13.2 Å². The van der Waals surface area contributed by atoms with E-state index in [1.165, 1.54) is 6.07 Å². The summed E-state index contributed by atoms with van der Waals surface area (Å²) >= 11 is 0. The van der Waals surface area contributed by atoms with Crippen LogP contribution in [0.3, 0.4) is 0 Å². The third-order valence-electron chi connectivity index (χ3n) is 3.78. The summed E-state index contributed by atoms with van der Waals surface area (Å²) in [5.74, 6) is -2.32. The molecule has 0 unspecified atom stereocenters. The highest BCUT2D eigenvalue weighted by Gasteiger charge is 2.41. The number of benzene rings is 1. The molecule has 116 valence electrons. The van der Waals surface area contributed by atoms with Gasteiger partial charge in [-0.25, -0.2) is 4.39 Å². The molecule has 0 spiro atoms. The van der Waals surface area contributed by atoms with Crippen molar-refractivity contribution in [2.75, 3.05) is 5.73 Å². The SMILES string of the molecule is Nc1cc(F)ccc1C(=O)NC1CCC(C(F)(F)F)CC1. The zero-order chi connectivity index (χ0) is 15.6. The normalized spacial score (nSPS) is 22.9. The summed E-state index contributed by atoms with van der Waals surface area (Å²) in [5.41, 5.74) is 5.70. The summed E-state index contributed by atoms with van der Waals surface area (Å²) in [6.45, 7) is 0. The van der Waals surface area contributed by atoms with Gasteiger partial charge in [-0.15, -0.1) is 0 Å². The number of nitrogens with one attached hydrogen (secondary N) is 1. The molecule has 3 nitrogen and oxygen atoms in total. The number of anilines is 1. The Morgan fingerprint density at radius 3 is 2.33 bits per heavy atom. The lowest BCUT2D eigenvalue weighted by Gasteiger charge is -2.30. The number of carbonyl (C=O) groups excluding carboxylic acids is 1. The lowest BCUT2D eigenvalue weighted by molar-refractivity contribution is -0.182. The van der Waals surface area contributed by atoms with Crippen molar-refractivity contribution in [1.29, 1.82) is 0 Å². The number of halogens is 4. The molecule has 7 heteroatoms. The number of amides is 1. The van der Waals surface area contributed by atoms with Gasteiger partial charge in [0.2, 0.25) is 0 Å². The maximum atomic E-state index is 12.9. The number of alkyl halides is 3. The Kier molecular flexibility index (Phi) is 4.39. The minimum Gasteiger partial charge on any atom is -0.398 e. The molecule has 0 aromatic heterocycles. The Balaban J connectivity index is 1.93. The van der Waals surface area contributed by atoms with E-state index in [0.717, 1.165) is 12.1 Å². The van der Waals surface area contributed by atoms with Crippen LogP contribution in [0.25, 0.3) is 0 Å². The summed E-state index contributed by atoms with van der Waals surface area (Å²) in [6, 6.07) is 3.11. The molecule has 1 aromatic carbocycles. The molecule has 0 saturated heterocycles. The second-order valence-electron chi connectivity index (χ2n) is 5.30. The van der Waals surface area contributed by atoms with Crippen LogP contribution in [0.1, 0.15) is 36.0 Å². The van der Waals surface area contributed by atoms with E-state index < -0.39 is 23.8 Å². The molecule has 1 amide bonds. The van der Waals surface area contributed by atoms with Crippen molar-refractivity contribution in [3.05, 3.63) is 29.6 Å². The van der Waals surface area contributed by atoms with Gasteiger partial charge in [0.1, 0.15) is 5.82 Å². The number of carbonyl (C=O) groups is 1. The third-order valence-corrected chi connectivity index (χ3v) is 3.78. The minimum atomic E-state index is -4.17. The molecule has 1 fully saturated rings. The highest BCUT2D eigenvalue weighted by atomic mass is 19.4. The quantitative estimate of drug-likeness (QED) is 0.651.